The van der Waals surface area contributed by atoms with Crippen molar-refractivity contribution in [3.63, 3.8) is 0 Å². The topological polar surface area (TPSA) is 17.1 Å². The van der Waals surface area contributed by atoms with E-state index in [-0.39, 0.29) is 5.02 Å². The normalized spacial score (nSPS) is 15.2. The van der Waals surface area contributed by atoms with Gasteiger partial charge in [0, 0.05) is 11.4 Å². The van der Waals surface area contributed by atoms with Crippen LogP contribution in [0.25, 0.3) is 0 Å². The second-order valence-corrected chi connectivity index (χ2v) is 4.43. The molecule has 1 aromatic rings. The molecule has 0 heterocycles. The van der Waals surface area contributed by atoms with Crippen molar-refractivity contribution < 1.29 is 13.6 Å². The van der Waals surface area contributed by atoms with E-state index in [1.807, 2.05) is 0 Å². The summed E-state index contributed by atoms with van der Waals surface area (Å²) < 4.78 is 26.7. The SMILES string of the molecule is O=C([CH]CC1CC1)c1c(F)cc(Cl)cc1F. The van der Waals surface area contributed by atoms with Crippen molar-refractivity contribution in [1.82, 2.24) is 0 Å². The summed E-state index contributed by atoms with van der Waals surface area (Å²) in [5.41, 5.74) is -0.509. The van der Waals surface area contributed by atoms with Gasteiger partial charge in [-0.05, 0) is 24.5 Å². The molecule has 0 saturated heterocycles. The Hall–Kier alpha value is -0.960. The van der Waals surface area contributed by atoms with E-state index in [0.717, 1.165) is 25.0 Å². The van der Waals surface area contributed by atoms with Crippen LogP contribution in [0.1, 0.15) is 29.6 Å². The fraction of sp³-hybridized carbons (Fsp3) is 0.333. The molecule has 0 bridgehead atoms. The van der Waals surface area contributed by atoms with Crippen LogP contribution in [-0.4, -0.2) is 5.78 Å². The summed E-state index contributed by atoms with van der Waals surface area (Å²) >= 11 is 5.46. The Morgan fingerprint density at radius 1 is 1.38 bits per heavy atom. The first kappa shape index (κ1) is 11.5. The minimum absolute atomic E-state index is 0.0475. The molecule has 1 aliphatic carbocycles. The number of Topliss-reactive ketones (excluding diaryl/α,β-unsaturated/α-hetero) is 1. The van der Waals surface area contributed by atoms with Gasteiger partial charge in [-0.2, -0.15) is 0 Å². The average molecular weight is 244 g/mol. The van der Waals surface area contributed by atoms with E-state index in [1.54, 1.807) is 0 Å². The minimum atomic E-state index is -0.901. The highest BCUT2D eigenvalue weighted by molar-refractivity contribution is 6.30. The minimum Gasteiger partial charge on any atom is -0.294 e. The maximum Gasteiger partial charge on any atom is 0.172 e. The quantitative estimate of drug-likeness (QED) is 0.735. The van der Waals surface area contributed by atoms with Crippen molar-refractivity contribution in [3.05, 3.63) is 40.8 Å². The number of ketones is 1. The fourth-order valence-electron chi connectivity index (χ4n) is 1.51. The van der Waals surface area contributed by atoms with Crippen molar-refractivity contribution in [2.45, 2.75) is 19.3 Å². The van der Waals surface area contributed by atoms with Crippen LogP contribution in [0.5, 0.6) is 0 Å². The molecule has 16 heavy (non-hydrogen) atoms. The molecule has 1 saturated carbocycles. The zero-order valence-corrected chi connectivity index (χ0v) is 9.23. The second kappa shape index (κ2) is 4.50. The van der Waals surface area contributed by atoms with Crippen LogP contribution in [-0.2, 0) is 0 Å². The van der Waals surface area contributed by atoms with Gasteiger partial charge in [0.25, 0.3) is 0 Å². The van der Waals surface area contributed by atoms with Crippen LogP contribution in [0.15, 0.2) is 12.1 Å². The Labute approximate surface area is 97.4 Å². The van der Waals surface area contributed by atoms with Gasteiger partial charge < -0.3 is 0 Å². The number of hydrogen-bond acceptors (Lipinski definition) is 1. The Morgan fingerprint density at radius 2 is 1.94 bits per heavy atom. The first-order chi connectivity index (χ1) is 7.58. The Kier molecular flexibility index (Phi) is 3.24. The van der Waals surface area contributed by atoms with E-state index in [9.17, 15) is 13.6 Å². The lowest BCUT2D eigenvalue weighted by Crippen LogP contribution is -2.07. The second-order valence-electron chi connectivity index (χ2n) is 3.99. The average Bonchev–Trinajstić information content (AvgIpc) is 2.96. The molecule has 1 fully saturated rings. The number of benzene rings is 1. The van der Waals surface area contributed by atoms with Gasteiger partial charge in [-0.25, -0.2) is 8.78 Å². The van der Waals surface area contributed by atoms with Crippen LogP contribution < -0.4 is 0 Å². The largest absolute Gasteiger partial charge is 0.294 e. The summed E-state index contributed by atoms with van der Waals surface area (Å²) in [6, 6.07) is 1.89. The molecule has 0 spiro atoms. The van der Waals surface area contributed by atoms with Crippen LogP contribution in [0.2, 0.25) is 5.02 Å². The van der Waals surface area contributed by atoms with E-state index in [2.05, 4.69) is 0 Å². The molecule has 4 heteroatoms. The Bertz CT molecular complexity index is 404. The third-order valence-electron chi connectivity index (χ3n) is 2.59. The van der Waals surface area contributed by atoms with Gasteiger partial charge in [-0.3, -0.25) is 4.79 Å². The van der Waals surface area contributed by atoms with Gasteiger partial charge in [-0.1, -0.05) is 24.4 Å². The first-order valence-corrected chi connectivity index (χ1v) is 5.48. The fourth-order valence-corrected chi connectivity index (χ4v) is 1.70. The first-order valence-electron chi connectivity index (χ1n) is 5.10. The van der Waals surface area contributed by atoms with E-state index < -0.39 is 23.0 Å². The molecule has 0 unspecified atom stereocenters. The zero-order valence-electron chi connectivity index (χ0n) is 8.47. The molecule has 1 nitrogen and oxygen atoms in total. The molecule has 2 rings (SSSR count). The molecule has 0 amide bonds. The van der Waals surface area contributed by atoms with E-state index >= 15 is 0 Å². The van der Waals surface area contributed by atoms with E-state index in [0.29, 0.717) is 12.3 Å². The third-order valence-corrected chi connectivity index (χ3v) is 2.81. The monoisotopic (exact) mass is 243 g/mol. The molecular weight excluding hydrogens is 234 g/mol. The van der Waals surface area contributed by atoms with Gasteiger partial charge in [0.2, 0.25) is 0 Å². The highest BCUT2D eigenvalue weighted by Crippen LogP contribution is 2.33. The maximum absolute atomic E-state index is 13.3. The number of carbonyl (C=O) groups is 1. The smallest absolute Gasteiger partial charge is 0.172 e. The van der Waals surface area contributed by atoms with Crippen LogP contribution in [0, 0.1) is 24.0 Å². The molecule has 1 aliphatic rings. The summed E-state index contributed by atoms with van der Waals surface area (Å²) in [6.07, 6.45) is 4.14. The molecule has 1 radical (unpaired) electrons. The summed E-state index contributed by atoms with van der Waals surface area (Å²) in [6.45, 7) is 0. The molecule has 0 atom stereocenters. The molecule has 1 aromatic carbocycles. The van der Waals surface area contributed by atoms with Gasteiger partial charge in [0.05, 0.1) is 5.56 Å². The lowest BCUT2D eigenvalue weighted by Gasteiger charge is -2.04. The van der Waals surface area contributed by atoms with E-state index in [4.69, 9.17) is 11.6 Å². The van der Waals surface area contributed by atoms with Crippen LogP contribution in [0.4, 0.5) is 8.78 Å². The predicted octanol–water partition coefficient (Wildman–Crippen LogP) is 3.81. The molecule has 0 N–H and O–H groups in total. The summed E-state index contributed by atoms with van der Waals surface area (Å²) in [4.78, 5) is 11.6. The summed E-state index contributed by atoms with van der Waals surface area (Å²) in [5, 5.41) is -0.0475. The lowest BCUT2D eigenvalue weighted by molar-refractivity contribution is 0.101. The Morgan fingerprint density at radius 3 is 2.44 bits per heavy atom. The number of hydrogen-bond donors (Lipinski definition) is 0. The molecule has 0 aliphatic heterocycles. The summed E-state index contributed by atoms with van der Waals surface area (Å²) in [5.74, 6) is -1.88. The van der Waals surface area contributed by atoms with Gasteiger partial charge in [0.1, 0.15) is 11.6 Å². The van der Waals surface area contributed by atoms with Gasteiger partial charge in [-0.15, -0.1) is 0 Å². The van der Waals surface area contributed by atoms with Gasteiger partial charge >= 0.3 is 0 Å². The van der Waals surface area contributed by atoms with Gasteiger partial charge in [0.15, 0.2) is 5.78 Å². The van der Waals surface area contributed by atoms with Crippen LogP contribution >= 0.6 is 11.6 Å². The summed E-state index contributed by atoms with van der Waals surface area (Å²) in [7, 11) is 0. The highest BCUT2D eigenvalue weighted by Gasteiger charge is 2.24. The van der Waals surface area contributed by atoms with Crippen molar-refractivity contribution in [2.75, 3.05) is 0 Å². The Balaban J connectivity index is 2.14. The van der Waals surface area contributed by atoms with Crippen LogP contribution in [0.3, 0.4) is 0 Å². The molecule has 0 aromatic heterocycles. The number of carbonyl (C=O) groups excluding carboxylic acids is 1. The van der Waals surface area contributed by atoms with E-state index in [1.165, 1.54) is 6.42 Å². The maximum atomic E-state index is 13.3. The third kappa shape index (κ3) is 2.59. The van der Waals surface area contributed by atoms with Crippen molar-refractivity contribution in [2.24, 2.45) is 5.92 Å². The highest BCUT2D eigenvalue weighted by atomic mass is 35.5. The van der Waals surface area contributed by atoms with Crippen molar-refractivity contribution in [3.8, 4) is 0 Å². The van der Waals surface area contributed by atoms with Crippen molar-refractivity contribution in [1.29, 1.82) is 0 Å². The van der Waals surface area contributed by atoms with Crippen molar-refractivity contribution >= 4 is 17.4 Å². The predicted molar refractivity (Wildman–Crippen MR) is 57.3 cm³/mol. The standard InChI is InChI=1S/C12H10ClF2O/c13-8-5-9(14)12(10(15)6-8)11(16)4-3-7-1-2-7/h4-7H,1-3H2. The number of rotatable bonds is 4. The molecule has 85 valence electrons. The zero-order chi connectivity index (χ0) is 11.7. The lowest BCUT2D eigenvalue weighted by atomic mass is 10.0. The molecular formula is C12H10ClF2O. The number of halogens is 3.